The molecule has 1 heterocycles. The molecule has 0 saturated heterocycles. The van der Waals surface area contributed by atoms with E-state index in [1.54, 1.807) is 25.6 Å². The van der Waals surface area contributed by atoms with Crippen LogP contribution in [0.25, 0.3) is 0 Å². The Hall–Kier alpha value is -1.38. The molecule has 3 nitrogen and oxygen atoms in total. The first-order valence-corrected chi connectivity index (χ1v) is 6.77. The predicted molar refractivity (Wildman–Crippen MR) is 70.9 cm³/mol. The molecule has 0 spiro atoms. The number of aromatic nitrogens is 1. The summed E-state index contributed by atoms with van der Waals surface area (Å²) in [5, 5.41) is 0. The predicted octanol–water partition coefficient (Wildman–Crippen LogP) is 3.49. The lowest BCUT2D eigenvalue weighted by atomic mass is 9.77. The Morgan fingerprint density at radius 1 is 1.44 bits per heavy atom. The van der Waals surface area contributed by atoms with Crippen LogP contribution in [0.3, 0.4) is 0 Å². The standard InChI is InChI=1S/C15H21NO2/c1-3-11-5-4-6-12(7-11)15(17)13-8-14(18-2)10-16-9-13/h8-12H,3-7H2,1-2H3. The second-order valence-electron chi connectivity index (χ2n) is 5.12. The number of nitrogens with zero attached hydrogens (tertiary/aromatic N) is 1. The van der Waals surface area contributed by atoms with Crippen molar-refractivity contribution in [3.8, 4) is 5.75 Å². The molecular weight excluding hydrogens is 226 g/mol. The highest BCUT2D eigenvalue weighted by atomic mass is 16.5. The highest BCUT2D eigenvalue weighted by Gasteiger charge is 2.27. The zero-order valence-corrected chi connectivity index (χ0v) is 11.2. The molecule has 1 aliphatic carbocycles. The number of hydrogen-bond donors (Lipinski definition) is 0. The molecule has 1 saturated carbocycles. The third-order valence-electron chi connectivity index (χ3n) is 3.96. The van der Waals surface area contributed by atoms with Gasteiger partial charge in [0.05, 0.1) is 13.3 Å². The van der Waals surface area contributed by atoms with Crippen LogP contribution in [0.4, 0.5) is 0 Å². The van der Waals surface area contributed by atoms with Gasteiger partial charge in [0.1, 0.15) is 5.75 Å². The largest absolute Gasteiger partial charge is 0.495 e. The second-order valence-corrected chi connectivity index (χ2v) is 5.12. The van der Waals surface area contributed by atoms with Gasteiger partial charge >= 0.3 is 0 Å². The van der Waals surface area contributed by atoms with Crippen molar-refractivity contribution in [1.29, 1.82) is 0 Å². The highest BCUT2D eigenvalue weighted by molar-refractivity contribution is 5.97. The molecule has 2 rings (SSSR count). The third kappa shape index (κ3) is 2.89. The smallest absolute Gasteiger partial charge is 0.167 e. The summed E-state index contributed by atoms with van der Waals surface area (Å²) in [4.78, 5) is 16.5. The maximum absolute atomic E-state index is 12.4. The van der Waals surface area contributed by atoms with Gasteiger partial charge in [0, 0.05) is 17.7 Å². The van der Waals surface area contributed by atoms with Gasteiger partial charge in [-0.3, -0.25) is 9.78 Å². The van der Waals surface area contributed by atoms with Crippen LogP contribution in [0.2, 0.25) is 0 Å². The van der Waals surface area contributed by atoms with E-state index in [-0.39, 0.29) is 11.7 Å². The molecule has 0 N–H and O–H groups in total. The number of carbonyl (C=O) groups is 1. The summed E-state index contributed by atoms with van der Waals surface area (Å²) < 4.78 is 5.12. The van der Waals surface area contributed by atoms with E-state index in [9.17, 15) is 4.79 Å². The Balaban J connectivity index is 2.10. The maximum Gasteiger partial charge on any atom is 0.167 e. The van der Waals surface area contributed by atoms with Crippen LogP contribution in [-0.2, 0) is 0 Å². The Morgan fingerprint density at radius 3 is 3.00 bits per heavy atom. The lowest BCUT2D eigenvalue weighted by Crippen LogP contribution is -2.23. The van der Waals surface area contributed by atoms with Crippen molar-refractivity contribution in [1.82, 2.24) is 4.98 Å². The van der Waals surface area contributed by atoms with Gasteiger partial charge in [-0.05, 0) is 24.8 Å². The molecule has 2 atom stereocenters. The summed E-state index contributed by atoms with van der Waals surface area (Å²) in [6.45, 7) is 2.21. The number of ketones is 1. The van der Waals surface area contributed by atoms with Gasteiger partial charge < -0.3 is 4.74 Å². The summed E-state index contributed by atoms with van der Waals surface area (Å²) in [5.74, 6) is 1.78. The topological polar surface area (TPSA) is 39.2 Å². The van der Waals surface area contributed by atoms with E-state index in [0.29, 0.717) is 17.2 Å². The SMILES string of the molecule is CCC1CCCC(C(=O)c2cncc(OC)c2)C1. The number of rotatable bonds is 4. The Morgan fingerprint density at radius 2 is 2.28 bits per heavy atom. The van der Waals surface area contributed by atoms with E-state index in [2.05, 4.69) is 11.9 Å². The number of Topliss-reactive ketones (excluding diaryl/α,β-unsaturated/α-hetero) is 1. The monoisotopic (exact) mass is 247 g/mol. The average molecular weight is 247 g/mol. The summed E-state index contributed by atoms with van der Waals surface area (Å²) in [7, 11) is 1.60. The highest BCUT2D eigenvalue weighted by Crippen LogP contribution is 2.33. The van der Waals surface area contributed by atoms with Crippen LogP contribution in [0.1, 0.15) is 49.4 Å². The fraction of sp³-hybridized carbons (Fsp3) is 0.600. The molecular formula is C15H21NO2. The number of methoxy groups -OCH3 is 1. The van der Waals surface area contributed by atoms with E-state index < -0.39 is 0 Å². The van der Waals surface area contributed by atoms with Crippen molar-refractivity contribution in [3.05, 3.63) is 24.0 Å². The molecule has 1 aromatic rings. The van der Waals surface area contributed by atoms with Crippen LogP contribution >= 0.6 is 0 Å². The number of ether oxygens (including phenoxy) is 1. The molecule has 98 valence electrons. The summed E-state index contributed by atoms with van der Waals surface area (Å²) in [6, 6.07) is 1.80. The Labute approximate surface area is 109 Å². The minimum Gasteiger partial charge on any atom is -0.495 e. The molecule has 0 radical (unpaired) electrons. The summed E-state index contributed by atoms with van der Waals surface area (Å²) >= 11 is 0. The van der Waals surface area contributed by atoms with Gasteiger partial charge in [-0.2, -0.15) is 0 Å². The van der Waals surface area contributed by atoms with E-state index in [4.69, 9.17) is 4.74 Å². The molecule has 18 heavy (non-hydrogen) atoms. The molecule has 0 amide bonds. The van der Waals surface area contributed by atoms with Crippen molar-refractivity contribution in [2.24, 2.45) is 11.8 Å². The van der Waals surface area contributed by atoms with Gasteiger partial charge in [-0.15, -0.1) is 0 Å². The van der Waals surface area contributed by atoms with E-state index in [1.807, 2.05) is 0 Å². The molecule has 1 fully saturated rings. The van der Waals surface area contributed by atoms with Gasteiger partial charge in [0.2, 0.25) is 0 Å². The summed E-state index contributed by atoms with van der Waals surface area (Å²) in [5.41, 5.74) is 0.691. The number of hydrogen-bond acceptors (Lipinski definition) is 3. The van der Waals surface area contributed by atoms with Crippen LogP contribution in [0.5, 0.6) is 5.75 Å². The van der Waals surface area contributed by atoms with Crippen LogP contribution in [-0.4, -0.2) is 17.9 Å². The minimum absolute atomic E-state index is 0.178. The van der Waals surface area contributed by atoms with Crippen molar-refractivity contribution < 1.29 is 9.53 Å². The zero-order chi connectivity index (χ0) is 13.0. The first-order valence-electron chi connectivity index (χ1n) is 6.77. The minimum atomic E-state index is 0.178. The fourth-order valence-electron chi connectivity index (χ4n) is 2.80. The lowest BCUT2D eigenvalue weighted by molar-refractivity contribution is 0.0861. The van der Waals surface area contributed by atoms with Gasteiger partial charge in [0.25, 0.3) is 0 Å². The van der Waals surface area contributed by atoms with Crippen molar-refractivity contribution >= 4 is 5.78 Å². The number of carbonyl (C=O) groups excluding carboxylic acids is 1. The van der Waals surface area contributed by atoms with Gasteiger partial charge in [-0.25, -0.2) is 0 Å². The molecule has 3 heteroatoms. The van der Waals surface area contributed by atoms with E-state index >= 15 is 0 Å². The Kier molecular flexibility index (Phi) is 4.34. The van der Waals surface area contributed by atoms with E-state index in [1.165, 1.54) is 19.3 Å². The van der Waals surface area contributed by atoms with Crippen molar-refractivity contribution in [2.45, 2.75) is 39.0 Å². The quantitative estimate of drug-likeness (QED) is 0.764. The van der Waals surface area contributed by atoms with Crippen molar-refractivity contribution in [2.75, 3.05) is 7.11 Å². The molecule has 0 aromatic carbocycles. The third-order valence-corrected chi connectivity index (χ3v) is 3.96. The van der Waals surface area contributed by atoms with Crippen molar-refractivity contribution in [3.63, 3.8) is 0 Å². The Bertz CT molecular complexity index is 417. The molecule has 0 aliphatic heterocycles. The average Bonchev–Trinajstić information content (AvgIpc) is 2.46. The lowest BCUT2D eigenvalue weighted by Gasteiger charge is -2.27. The van der Waals surface area contributed by atoms with Gasteiger partial charge in [-0.1, -0.05) is 26.2 Å². The summed E-state index contributed by atoms with van der Waals surface area (Å²) in [6.07, 6.45) is 8.97. The van der Waals surface area contributed by atoms with Gasteiger partial charge in [0.15, 0.2) is 5.78 Å². The molecule has 1 aromatic heterocycles. The maximum atomic E-state index is 12.4. The molecule has 0 bridgehead atoms. The van der Waals surface area contributed by atoms with Crippen LogP contribution in [0.15, 0.2) is 18.5 Å². The normalized spacial score (nSPS) is 23.7. The van der Waals surface area contributed by atoms with Crippen LogP contribution < -0.4 is 4.74 Å². The fourth-order valence-corrected chi connectivity index (χ4v) is 2.80. The van der Waals surface area contributed by atoms with Crippen LogP contribution in [0, 0.1) is 11.8 Å². The number of pyridine rings is 1. The first-order chi connectivity index (χ1) is 8.74. The second kappa shape index (κ2) is 5.98. The molecule has 2 unspecified atom stereocenters. The first kappa shape index (κ1) is 13.1. The zero-order valence-electron chi connectivity index (χ0n) is 11.2. The molecule has 1 aliphatic rings. The van der Waals surface area contributed by atoms with E-state index in [0.717, 1.165) is 12.8 Å².